The highest BCUT2D eigenvalue weighted by Crippen LogP contribution is 2.18. The first-order valence-corrected chi connectivity index (χ1v) is 8.21. The maximum atomic E-state index is 11.3. The zero-order valence-corrected chi connectivity index (χ0v) is 13.7. The molecule has 116 valence electrons. The third-order valence-corrected chi connectivity index (χ3v) is 4.40. The molecule has 1 heterocycles. The van der Waals surface area contributed by atoms with Crippen LogP contribution in [0.1, 0.15) is 10.4 Å². The number of benzene rings is 2. The van der Waals surface area contributed by atoms with Gasteiger partial charge in [-0.15, -0.1) is 0 Å². The van der Waals surface area contributed by atoms with E-state index in [1.807, 2.05) is 65.7 Å². The number of aromatic nitrogens is 1. The first kappa shape index (κ1) is 15.5. The van der Waals surface area contributed by atoms with E-state index < -0.39 is 0 Å². The summed E-state index contributed by atoms with van der Waals surface area (Å²) in [5, 5.41) is 6.70. The van der Waals surface area contributed by atoms with Gasteiger partial charge in [0.05, 0.1) is 23.3 Å². The van der Waals surface area contributed by atoms with Crippen LogP contribution in [0.25, 0.3) is 0 Å². The molecule has 0 saturated carbocycles. The van der Waals surface area contributed by atoms with Crippen LogP contribution in [0.3, 0.4) is 0 Å². The third-order valence-electron chi connectivity index (χ3n) is 3.17. The number of nitrogens with zero attached hydrogens (tertiary/aromatic N) is 2. The SMILES string of the molecule is O=c1[nH]c(Cl)c(/C=N/N(Cc2ccccc2)c2ccccc2)s1. The Balaban J connectivity index is 1.89. The van der Waals surface area contributed by atoms with Gasteiger partial charge < -0.3 is 4.98 Å². The molecule has 6 heteroatoms. The Kier molecular flexibility index (Phi) is 4.90. The molecule has 0 unspecified atom stereocenters. The van der Waals surface area contributed by atoms with E-state index >= 15 is 0 Å². The summed E-state index contributed by atoms with van der Waals surface area (Å²) in [5.41, 5.74) is 2.11. The lowest BCUT2D eigenvalue weighted by molar-refractivity contribution is 0.859. The number of nitrogens with one attached hydrogen (secondary N) is 1. The largest absolute Gasteiger partial charge is 0.306 e. The summed E-state index contributed by atoms with van der Waals surface area (Å²) in [6, 6.07) is 19.9. The van der Waals surface area contributed by atoms with Crippen LogP contribution in [0.15, 0.2) is 70.6 Å². The monoisotopic (exact) mass is 343 g/mol. The fourth-order valence-electron chi connectivity index (χ4n) is 2.08. The summed E-state index contributed by atoms with van der Waals surface area (Å²) in [6.07, 6.45) is 1.61. The van der Waals surface area contributed by atoms with Crippen molar-refractivity contribution in [3.05, 3.63) is 85.9 Å². The highest BCUT2D eigenvalue weighted by molar-refractivity contribution is 7.11. The van der Waals surface area contributed by atoms with Gasteiger partial charge in [0.15, 0.2) is 0 Å². The number of rotatable bonds is 5. The molecule has 3 rings (SSSR count). The third kappa shape index (κ3) is 4.09. The number of para-hydroxylation sites is 1. The van der Waals surface area contributed by atoms with Crippen LogP contribution in [0, 0.1) is 0 Å². The van der Waals surface area contributed by atoms with E-state index in [0.29, 0.717) is 16.6 Å². The van der Waals surface area contributed by atoms with Crippen LogP contribution in [-0.2, 0) is 6.54 Å². The fourth-order valence-corrected chi connectivity index (χ4v) is 2.98. The fraction of sp³-hybridized carbons (Fsp3) is 0.0588. The van der Waals surface area contributed by atoms with Crippen molar-refractivity contribution in [2.75, 3.05) is 5.01 Å². The summed E-state index contributed by atoms with van der Waals surface area (Å²) in [5.74, 6) is 0. The molecule has 0 fully saturated rings. The molecule has 0 radical (unpaired) electrons. The number of H-pyrrole nitrogens is 1. The molecule has 2 aromatic carbocycles. The molecule has 4 nitrogen and oxygen atoms in total. The van der Waals surface area contributed by atoms with Gasteiger partial charge in [-0.05, 0) is 17.7 Å². The standard InChI is InChI=1S/C17H14ClN3OS/c18-16-15(23-17(22)20-16)11-19-21(14-9-5-2-6-10-14)12-13-7-3-1-4-8-13/h1-11H,12H2,(H,20,22)/b19-11+. The van der Waals surface area contributed by atoms with E-state index in [1.54, 1.807) is 6.21 Å². The minimum absolute atomic E-state index is 0.189. The van der Waals surface area contributed by atoms with E-state index in [1.165, 1.54) is 0 Å². The summed E-state index contributed by atoms with van der Waals surface area (Å²) >= 11 is 7.02. The molecular weight excluding hydrogens is 330 g/mol. The molecule has 23 heavy (non-hydrogen) atoms. The lowest BCUT2D eigenvalue weighted by Crippen LogP contribution is -2.15. The molecule has 0 aliphatic rings. The lowest BCUT2D eigenvalue weighted by Gasteiger charge is -2.19. The van der Waals surface area contributed by atoms with E-state index in [4.69, 9.17) is 11.6 Å². The molecule has 0 bridgehead atoms. The van der Waals surface area contributed by atoms with Crippen LogP contribution in [0.2, 0.25) is 5.15 Å². The first-order chi connectivity index (χ1) is 11.2. The van der Waals surface area contributed by atoms with Crippen molar-refractivity contribution in [3.8, 4) is 0 Å². The summed E-state index contributed by atoms with van der Waals surface area (Å²) < 4.78 is 0. The van der Waals surface area contributed by atoms with Crippen molar-refractivity contribution in [3.63, 3.8) is 0 Å². The number of hydrogen-bond acceptors (Lipinski definition) is 4. The van der Waals surface area contributed by atoms with Crippen molar-refractivity contribution in [1.82, 2.24) is 4.98 Å². The quantitative estimate of drug-likeness (QED) is 0.559. The minimum Gasteiger partial charge on any atom is -0.303 e. The molecule has 0 aliphatic heterocycles. The number of thiazole rings is 1. The Morgan fingerprint density at radius 2 is 1.74 bits per heavy atom. The minimum atomic E-state index is -0.189. The van der Waals surface area contributed by atoms with Gasteiger partial charge in [-0.25, -0.2) is 0 Å². The Morgan fingerprint density at radius 1 is 1.09 bits per heavy atom. The molecule has 0 aliphatic carbocycles. The average Bonchev–Trinajstić information content (AvgIpc) is 2.91. The maximum Gasteiger partial charge on any atom is 0.306 e. The summed E-state index contributed by atoms with van der Waals surface area (Å²) in [7, 11) is 0. The van der Waals surface area contributed by atoms with Gasteiger partial charge in [0.2, 0.25) is 0 Å². The van der Waals surface area contributed by atoms with Crippen LogP contribution in [0.5, 0.6) is 0 Å². The molecular formula is C17H14ClN3OS. The summed E-state index contributed by atoms with van der Waals surface area (Å²) in [4.78, 5) is 14.3. The van der Waals surface area contributed by atoms with Gasteiger partial charge in [-0.1, -0.05) is 71.5 Å². The van der Waals surface area contributed by atoms with Crippen molar-refractivity contribution < 1.29 is 0 Å². The Bertz CT molecular complexity index is 843. The van der Waals surface area contributed by atoms with Gasteiger partial charge >= 0.3 is 4.87 Å². The highest BCUT2D eigenvalue weighted by Gasteiger charge is 2.07. The molecule has 0 amide bonds. The van der Waals surface area contributed by atoms with Crippen molar-refractivity contribution in [2.24, 2.45) is 5.10 Å². The van der Waals surface area contributed by atoms with E-state index in [2.05, 4.69) is 10.1 Å². The van der Waals surface area contributed by atoms with Crippen LogP contribution < -0.4 is 9.88 Å². The van der Waals surface area contributed by atoms with Gasteiger partial charge in [0.1, 0.15) is 5.15 Å². The Labute approximate surface area is 142 Å². The van der Waals surface area contributed by atoms with Crippen LogP contribution >= 0.6 is 22.9 Å². The Hall–Kier alpha value is -2.37. The van der Waals surface area contributed by atoms with Gasteiger partial charge in [0, 0.05) is 0 Å². The van der Waals surface area contributed by atoms with Gasteiger partial charge in [0.25, 0.3) is 0 Å². The lowest BCUT2D eigenvalue weighted by atomic mass is 10.2. The maximum absolute atomic E-state index is 11.3. The van der Waals surface area contributed by atoms with Gasteiger partial charge in [-0.2, -0.15) is 5.10 Å². The first-order valence-electron chi connectivity index (χ1n) is 7.01. The zero-order valence-electron chi connectivity index (χ0n) is 12.1. The second-order valence-corrected chi connectivity index (χ2v) is 6.21. The predicted octanol–water partition coefficient (Wildman–Crippen LogP) is 4.13. The number of hydrazone groups is 1. The average molecular weight is 344 g/mol. The molecule has 0 atom stereocenters. The van der Waals surface area contributed by atoms with Crippen molar-refractivity contribution in [2.45, 2.75) is 6.54 Å². The van der Waals surface area contributed by atoms with Gasteiger partial charge in [-0.3, -0.25) is 9.80 Å². The number of anilines is 1. The molecule has 1 N–H and O–H groups in total. The topological polar surface area (TPSA) is 48.5 Å². The second kappa shape index (κ2) is 7.26. The van der Waals surface area contributed by atoms with E-state index in [0.717, 1.165) is 22.6 Å². The number of halogens is 1. The van der Waals surface area contributed by atoms with Crippen LogP contribution in [0.4, 0.5) is 5.69 Å². The van der Waals surface area contributed by atoms with E-state index in [9.17, 15) is 4.79 Å². The second-order valence-electron chi connectivity index (χ2n) is 4.82. The Morgan fingerprint density at radius 3 is 2.35 bits per heavy atom. The molecule has 0 spiro atoms. The van der Waals surface area contributed by atoms with Crippen molar-refractivity contribution >= 4 is 34.8 Å². The highest BCUT2D eigenvalue weighted by atomic mass is 35.5. The molecule has 1 aromatic heterocycles. The zero-order chi connectivity index (χ0) is 16.1. The smallest absolute Gasteiger partial charge is 0.303 e. The number of aromatic amines is 1. The normalized spacial score (nSPS) is 11.0. The molecule has 0 saturated heterocycles. The van der Waals surface area contributed by atoms with E-state index in [-0.39, 0.29) is 4.87 Å². The summed E-state index contributed by atoms with van der Waals surface area (Å²) in [6.45, 7) is 0.623. The molecule has 3 aromatic rings. The van der Waals surface area contributed by atoms with Crippen LogP contribution in [-0.4, -0.2) is 11.2 Å². The number of hydrogen-bond donors (Lipinski definition) is 1. The predicted molar refractivity (Wildman–Crippen MR) is 96.6 cm³/mol. The van der Waals surface area contributed by atoms with Crippen molar-refractivity contribution in [1.29, 1.82) is 0 Å².